The number of amides is 2. The fourth-order valence-corrected chi connectivity index (χ4v) is 4.71. The Morgan fingerprint density at radius 3 is 2.54 bits per heavy atom. The zero-order valence-corrected chi connectivity index (χ0v) is 16.7. The molecule has 2 aromatic carbocycles. The Morgan fingerprint density at radius 1 is 1.07 bits per heavy atom. The molecule has 2 aliphatic rings. The third kappa shape index (κ3) is 3.01. The number of nitrogens with zero attached hydrogens (tertiary/aromatic N) is 2. The number of benzene rings is 2. The molecule has 2 aliphatic heterocycles. The molecule has 0 fully saturated rings. The molecule has 0 aliphatic carbocycles. The average molecular weight is 377 g/mol. The van der Waals surface area contributed by atoms with Crippen LogP contribution in [-0.4, -0.2) is 41.2 Å². The van der Waals surface area contributed by atoms with Crippen molar-refractivity contribution >= 4 is 11.8 Å². The van der Waals surface area contributed by atoms with Gasteiger partial charge in [-0.2, -0.15) is 0 Å². The SMILES string of the molecule is CCCCN(CC)C(=O)[C@H]1c2ccccc2C(=O)N2CCc3ccccc3[C@@H]12. The van der Waals surface area contributed by atoms with Gasteiger partial charge in [-0.15, -0.1) is 0 Å². The first kappa shape index (κ1) is 18.7. The molecule has 28 heavy (non-hydrogen) atoms. The Balaban J connectivity index is 1.84. The van der Waals surface area contributed by atoms with Crippen molar-refractivity contribution in [3.8, 4) is 0 Å². The number of fused-ring (bicyclic) bond motifs is 4. The Labute approximate surface area is 167 Å². The van der Waals surface area contributed by atoms with Gasteiger partial charge in [-0.1, -0.05) is 55.8 Å². The quantitative estimate of drug-likeness (QED) is 0.786. The molecule has 0 spiro atoms. The van der Waals surface area contributed by atoms with Gasteiger partial charge in [0.2, 0.25) is 5.91 Å². The molecule has 0 saturated heterocycles. The van der Waals surface area contributed by atoms with Crippen LogP contribution < -0.4 is 0 Å². The van der Waals surface area contributed by atoms with Crippen LogP contribution in [0.1, 0.15) is 65.7 Å². The molecule has 0 unspecified atom stereocenters. The summed E-state index contributed by atoms with van der Waals surface area (Å²) in [4.78, 5) is 30.9. The molecule has 146 valence electrons. The van der Waals surface area contributed by atoms with Gasteiger partial charge in [0, 0.05) is 25.2 Å². The summed E-state index contributed by atoms with van der Waals surface area (Å²) < 4.78 is 0. The van der Waals surface area contributed by atoms with Crippen LogP contribution in [0.25, 0.3) is 0 Å². The van der Waals surface area contributed by atoms with Crippen LogP contribution in [0.2, 0.25) is 0 Å². The van der Waals surface area contributed by atoms with E-state index in [9.17, 15) is 9.59 Å². The minimum absolute atomic E-state index is 0.0516. The van der Waals surface area contributed by atoms with E-state index in [0.29, 0.717) is 18.7 Å². The fraction of sp³-hybridized carbons (Fsp3) is 0.417. The highest BCUT2D eigenvalue weighted by Crippen LogP contribution is 2.46. The number of carbonyl (C=O) groups is 2. The van der Waals surface area contributed by atoms with Gasteiger partial charge < -0.3 is 9.80 Å². The molecule has 0 aromatic heterocycles. The third-order valence-corrected chi connectivity index (χ3v) is 6.18. The van der Waals surface area contributed by atoms with Crippen LogP contribution in [0, 0.1) is 0 Å². The van der Waals surface area contributed by atoms with Crippen LogP contribution in [0.15, 0.2) is 48.5 Å². The van der Waals surface area contributed by atoms with E-state index < -0.39 is 0 Å². The normalized spacial score (nSPS) is 20.2. The summed E-state index contributed by atoms with van der Waals surface area (Å²) in [5, 5.41) is 0. The molecular formula is C24H28N2O2. The van der Waals surface area contributed by atoms with Gasteiger partial charge in [0.25, 0.3) is 5.91 Å². The minimum atomic E-state index is -0.341. The van der Waals surface area contributed by atoms with E-state index in [0.717, 1.165) is 36.9 Å². The Hall–Kier alpha value is -2.62. The highest BCUT2D eigenvalue weighted by Gasteiger charge is 2.46. The molecular weight excluding hydrogens is 348 g/mol. The predicted molar refractivity (Wildman–Crippen MR) is 110 cm³/mol. The zero-order valence-electron chi connectivity index (χ0n) is 16.7. The van der Waals surface area contributed by atoms with E-state index in [1.165, 1.54) is 5.56 Å². The number of rotatable bonds is 5. The van der Waals surface area contributed by atoms with Crippen molar-refractivity contribution in [1.29, 1.82) is 0 Å². The van der Waals surface area contributed by atoms with Crippen molar-refractivity contribution in [2.24, 2.45) is 0 Å². The van der Waals surface area contributed by atoms with Crippen molar-refractivity contribution in [2.75, 3.05) is 19.6 Å². The van der Waals surface area contributed by atoms with Crippen LogP contribution in [0.4, 0.5) is 0 Å². The van der Waals surface area contributed by atoms with Gasteiger partial charge in [0.15, 0.2) is 0 Å². The average Bonchev–Trinajstić information content (AvgIpc) is 2.74. The first-order valence-electron chi connectivity index (χ1n) is 10.4. The molecule has 0 radical (unpaired) electrons. The van der Waals surface area contributed by atoms with Crippen molar-refractivity contribution < 1.29 is 9.59 Å². The molecule has 2 amide bonds. The summed E-state index contributed by atoms with van der Waals surface area (Å²) in [5.74, 6) is -0.148. The van der Waals surface area contributed by atoms with E-state index in [1.54, 1.807) is 0 Å². The first-order chi connectivity index (χ1) is 13.7. The van der Waals surface area contributed by atoms with E-state index in [2.05, 4.69) is 19.1 Å². The molecule has 4 rings (SSSR count). The third-order valence-electron chi connectivity index (χ3n) is 6.18. The minimum Gasteiger partial charge on any atom is -0.342 e. The van der Waals surface area contributed by atoms with Crippen molar-refractivity contribution in [3.63, 3.8) is 0 Å². The summed E-state index contributed by atoms with van der Waals surface area (Å²) in [7, 11) is 0. The zero-order chi connectivity index (χ0) is 19.7. The van der Waals surface area contributed by atoms with Crippen LogP contribution in [0.5, 0.6) is 0 Å². The molecule has 2 aromatic rings. The van der Waals surface area contributed by atoms with Crippen LogP contribution in [0.3, 0.4) is 0 Å². The molecule has 4 nitrogen and oxygen atoms in total. The molecule has 0 N–H and O–H groups in total. The number of carbonyl (C=O) groups excluding carboxylic acids is 2. The number of hydrogen-bond acceptors (Lipinski definition) is 2. The summed E-state index contributed by atoms with van der Waals surface area (Å²) in [6.45, 7) is 6.32. The number of unbranched alkanes of at least 4 members (excludes halogenated alkanes) is 1. The van der Waals surface area contributed by atoms with Gasteiger partial charge in [-0.3, -0.25) is 9.59 Å². The van der Waals surface area contributed by atoms with Gasteiger partial charge in [-0.25, -0.2) is 0 Å². The summed E-state index contributed by atoms with van der Waals surface area (Å²) in [5.41, 5.74) is 3.94. The highest BCUT2D eigenvalue weighted by atomic mass is 16.2. The summed E-state index contributed by atoms with van der Waals surface area (Å²) in [6.07, 6.45) is 2.90. The monoisotopic (exact) mass is 376 g/mol. The Morgan fingerprint density at radius 2 is 1.79 bits per heavy atom. The highest BCUT2D eigenvalue weighted by molar-refractivity contribution is 6.01. The lowest BCUT2D eigenvalue weighted by atomic mass is 9.75. The molecule has 2 atom stereocenters. The lowest BCUT2D eigenvalue weighted by molar-refractivity contribution is -0.134. The molecule has 2 heterocycles. The summed E-state index contributed by atoms with van der Waals surface area (Å²) in [6, 6.07) is 15.8. The second-order valence-corrected chi connectivity index (χ2v) is 7.73. The smallest absolute Gasteiger partial charge is 0.254 e. The maximum absolute atomic E-state index is 13.8. The Bertz CT molecular complexity index is 892. The summed E-state index contributed by atoms with van der Waals surface area (Å²) >= 11 is 0. The predicted octanol–water partition coefficient (Wildman–Crippen LogP) is 4.17. The Kier molecular flexibility index (Phi) is 5.21. The maximum Gasteiger partial charge on any atom is 0.254 e. The molecule has 0 saturated carbocycles. The largest absolute Gasteiger partial charge is 0.342 e. The van der Waals surface area contributed by atoms with Gasteiger partial charge in [-0.05, 0) is 42.5 Å². The second-order valence-electron chi connectivity index (χ2n) is 7.73. The van der Waals surface area contributed by atoms with Gasteiger partial charge in [0.1, 0.15) is 0 Å². The first-order valence-corrected chi connectivity index (χ1v) is 10.4. The fourth-order valence-electron chi connectivity index (χ4n) is 4.71. The van der Waals surface area contributed by atoms with Crippen LogP contribution in [-0.2, 0) is 11.2 Å². The van der Waals surface area contributed by atoms with Crippen molar-refractivity contribution in [2.45, 2.75) is 45.1 Å². The number of likely N-dealkylation sites (N-methyl/N-ethyl adjacent to an activating group) is 1. The van der Waals surface area contributed by atoms with Crippen molar-refractivity contribution in [3.05, 3.63) is 70.8 Å². The maximum atomic E-state index is 13.8. The lowest BCUT2D eigenvalue weighted by Gasteiger charge is -2.46. The van der Waals surface area contributed by atoms with E-state index in [-0.39, 0.29) is 23.8 Å². The number of hydrogen-bond donors (Lipinski definition) is 0. The van der Waals surface area contributed by atoms with Gasteiger partial charge >= 0.3 is 0 Å². The van der Waals surface area contributed by atoms with Crippen LogP contribution >= 0.6 is 0 Å². The topological polar surface area (TPSA) is 40.6 Å². The van der Waals surface area contributed by atoms with E-state index in [1.807, 2.05) is 53.1 Å². The van der Waals surface area contributed by atoms with Crippen molar-refractivity contribution in [1.82, 2.24) is 9.80 Å². The molecule has 0 bridgehead atoms. The lowest BCUT2D eigenvalue weighted by Crippen LogP contribution is -2.50. The van der Waals surface area contributed by atoms with E-state index in [4.69, 9.17) is 0 Å². The van der Waals surface area contributed by atoms with E-state index >= 15 is 0 Å². The second kappa shape index (κ2) is 7.78. The van der Waals surface area contributed by atoms with Gasteiger partial charge in [0.05, 0.1) is 12.0 Å². The standard InChI is InChI=1S/C24H28N2O2/c1-3-5-15-25(4-2)24(28)21-19-12-8-9-13-20(19)23(27)26-16-14-17-10-6-7-11-18(17)22(21)26/h6-13,21-22H,3-5,14-16H2,1-2H3/t21-,22-/m0/s1. The molecule has 4 heteroatoms.